The number of aromatic hydroxyl groups is 1. The van der Waals surface area contributed by atoms with Gasteiger partial charge >= 0.3 is 5.91 Å². The fourth-order valence-corrected chi connectivity index (χ4v) is 2.40. The van der Waals surface area contributed by atoms with Crippen molar-refractivity contribution < 1.29 is 19.1 Å². The molecule has 0 aliphatic rings. The first kappa shape index (κ1) is 16.6. The molecule has 1 heterocycles. The lowest BCUT2D eigenvalue weighted by Gasteiger charge is -2.07. The van der Waals surface area contributed by atoms with E-state index in [0.29, 0.717) is 16.3 Å². The normalized spacial score (nSPS) is 10.3. The van der Waals surface area contributed by atoms with E-state index in [1.54, 1.807) is 42.5 Å². The number of rotatable bonds is 3. The smallest absolute Gasteiger partial charge is 0.305 e. The van der Waals surface area contributed by atoms with Gasteiger partial charge in [0.1, 0.15) is 11.5 Å². The zero-order chi connectivity index (χ0) is 17.8. The van der Waals surface area contributed by atoms with E-state index >= 15 is 0 Å². The second kappa shape index (κ2) is 7.11. The highest BCUT2D eigenvalue weighted by atomic mass is 35.5. The van der Waals surface area contributed by atoms with Gasteiger partial charge in [-0.15, -0.1) is 0 Å². The van der Waals surface area contributed by atoms with Crippen molar-refractivity contribution in [2.24, 2.45) is 0 Å². The molecule has 3 N–H and O–H groups in total. The van der Waals surface area contributed by atoms with E-state index in [4.69, 9.17) is 16.0 Å². The van der Waals surface area contributed by atoms with Crippen LogP contribution < -0.4 is 10.9 Å². The molecule has 3 rings (SSSR count). The molecule has 0 saturated carbocycles. The number of carbonyl (C=O) groups is 2. The molecular formula is C18H13ClN2O4. The van der Waals surface area contributed by atoms with Crippen molar-refractivity contribution in [2.75, 3.05) is 0 Å². The molecule has 0 unspecified atom stereocenters. The van der Waals surface area contributed by atoms with Crippen LogP contribution in [0.3, 0.4) is 0 Å². The average molecular weight is 357 g/mol. The molecule has 25 heavy (non-hydrogen) atoms. The topological polar surface area (TPSA) is 91.6 Å². The van der Waals surface area contributed by atoms with Gasteiger partial charge in [0, 0.05) is 5.56 Å². The van der Waals surface area contributed by atoms with E-state index in [9.17, 15) is 14.7 Å². The Labute approximate surface area is 148 Å². The van der Waals surface area contributed by atoms with Crippen LogP contribution in [0.2, 0.25) is 5.02 Å². The fraction of sp³-hybridized carbons (Fsp3) is 0. The summed E-state index contributed by atoms with van der Waals surface area (Å²) in [5.41, 5.74) is 5.14. The highest BCUT2D eigenvalue weighted by molar-refractivity contribution is 6.33. The third-order valence-electron chi connectivity index (χ3n) is 3.41. The van der Waals surface area contributed by atoms with Gasteiger partial charge in [0.2, 0.25) is 0 Å². The predicted molar refractivity (Wildman–Crippen MR) is 92.2 cm³/mol. The minimum atomic E-state index is -0.649. The number of phenolic OH excluding ortho intramolecular Hbond substituents is 1. The van der Waals surface area contributed by atoms with E-state index in [1.165, 1.54) is 18.2 Å². The molecule has 1 aromatic heterocycles. The summed E-state index contributed by atoms with van der Waals surface area (Å²) in [6.45, 7) is 0. The van der Waals surface area contributed by atoms with Crippen LogP contribution >= 0.6 is 11.6 Å². The molecule has 0 atom stereocenters. The molecule has 0 aliphatic carbocycles. The van der Waals surface area contributed by atoms with E-state index in [-0.39, 0.29) is 17.1 Å². The molecule has 0 radical (unpaired) electrons. The first-order valence-electron chi connectivity index (χ1n) is 7.29. The molecule has 0 saturated heterocycles. The Balaban J connectivity index is 1.68. The lowest BCUT2D eigenvalue weighted by atomic mass is 10.2. The number of carbonyl (C=O) groups excluding carboxylic acids is 2. The summed E-state index contributed by atoms with van der Waals surface area (Å²) in [6.07, 6.45) is 0. The van der Waals surface area contributed by atoms with Crippen LogP contribution in [0.1, 0.15) is 20.9 Å². The monoisotopic (exact) mass is 356 g/mol. The largest absolute Gasteiger partial charge is 0.507 e. The van der Waals surface area contributed by atoms with Gasteiger partial charge in [-0.05, 0) is 36.4 Å². The quantitative estimate of drug-likeness (QED) is 0.627. The number of phenols is 1. The molecule has 0 bridgehead atoms. The zero-order valence-corrected chi connectivity index (χ0v) is 13.6. The maximum atomic E-state index is 12.1. The van der Waals surface area contributed by atoms with Gasteiger partial charge in [-0.2, -0.15) is 0 Å². The summed E-state index contributed by atoms with van der Waals surface area (Å²) in [5, 5.41) is 10.1. The summed E-state index contributed by atoms with van der Waals surface area (Å²) in [6, 6.07) is 16.1. The van der Waals surface area contributed by atoms with Crippen molar-refractivity contribution in [3.63, 3.8) is 0 Å². The number of nitrogens with one attached hydrogen (secondary N) is 2. The van der Waals surface area contributed by atoms with E-state index in [0.717, 1.165) is 0 Å². The third kappa shape index (κ3) is 3.64. The van der Waals surface area contributed by atoms with Gasteiger partial charge in [-0.1, -0.05) is 35.9 Å². The van der Waals surface area contributed by atoms with E-state index < -0.39 is 11.8 Å². The summed E-state index contributed by atoms with van der Waals surface area (Å²) in [7, 11) is 0. The molecule has 0 aliphatic heterocycles. The second-order valence-corrected chi connectivity index (χ2v) is 5.48. The first-order chi connectivity index (χ1) is 12.1. The zero-order valence-electron chi connectivity index (χ0n) is 12.8. The highest BCUT2D eigenvalue weighted by Crippen LogP contribution is 2.28. The highest BCUT2D eigenvalue weighted by Gasteiger charge is 2.16. The number of furan rings is 1. The van der Waals surface area contributed by atoms with Gasteiger partial charge in [-0.25, -0.2) is 0 Å². The van der Waals surface area contributed by atoms with Gasteiger partial charge in [-0.3, -0.25) is 20.4 Å². The number of hydrogen-bond donors (Lipinski definition) is 3. The van der Waals surface area contributed by atoms with Crippen molar-refractivity contribution in [3.8, 4) is 17.1 Å². The Morgan fingerprint density at radius 3 is 2.32 bits per heavy atom. The molecule has 2 aromatic carbocycles. The minimum absolute atomic E-state index is 0.00695. The Morgan fingerprint density at radius 1 is 0.880 bits per heavy atom. The van der Waals surface area contributed by atoms with Crippen LogP contribution in [0.25, 0.3) is 11.3 Å². The summed E-state index contributed by atoms with van der Waals surface area (Å²) in [5.74, 6) is -1.03. The van der Waals surface area contributed by atoms with Gasteiger partial charge < -0.3 is 9.52 Å². The van der Waals surface area contributed by atoms with Crippen molar-refractivity contribution in [3.05, 3.63) is 77.0 Å². The Bertz CT molecular complexity index is 936. The maximum Gasteiger partial charge on any atom is 0.305 e. The average Bonchev–Trinajstić information content (AvgIpc) is 3.10. The third-order valence-corrected chi connectivity index (χ3v) is 3.74. The number of hydrazine groups is 1. The number of halogens is 1. The summed E-state index contributed by atoms with van der Waals surface area (Å²) >= 11 is 6.09. The van der Waals surface area contributed by atoms with Gasteiger partial charge in [0.25, 0.3) is 5.91 Å². The van der Waals surface area contributed by atoms with Crippen molar-refractivity contribution >= 4 is 23.4 Å². The van der Waals surface area contributed by atoms with Gasteiger partial charge in [0.15, 0.2) is 5.76 Å². The molecule has 2 amide bonds. The number of amides is 2. The SMILES string of the molecule is O=C(NNC(=O)c1ccccc1O)c1ccc(-c2ccccc2Cl)o1. The molecule has 3 aromatic rings. The molecule has 126 valence electrons. The summed E-state index contributed by atoms with van der Waals surface area (Å²) in [4.78, 5) is 24.0. The Hall–Kier alpha value is -3.25. The molecule has 6 nitrogen and oxygen atoms in total. The number of hydrogen-bond acceptors (Lipinski definition) is 4. The predicted octanol–water partition coefficient (Wildman–Crippen LogP) is 3.38. The van der Waals surface area contributed by atoms with Crippen LogP contribution in [-0.2, 0) is 0 Å². The standard InChI is InChI=1S/C18H13ClN2O4/c19-13-7-3-1-5-11(13)15-9-10-16(25-15)18(24)21-20-17(23)12-6-2-4-8-14(12)22/h1-10,22H,(H,20,23)(H,21,24). The lowest BCUT2D eigenvalue weighted by molar-refractivity contribution is 0.0830. The molecule has 0 fully saturated rings. The van der Waals surface area contributed by atoms with Crippen LogP contribution in [0, 0.1) is 0 Å². The first-order valence-corrected chi connectivity index (χ1v) is 7.67. The fourth-order valence-electron chi connectivity index (χ4n) is 2.17. The maximum absolute atomic E-state index is 12.1. The minimum Gasteiger partial charge on any atom is -0.507 e. The second-order valence-electron chi connectivity index (χ2n) is 5.07. The number of para-hydroxylation sites is 1. The molecule has 0 spiro atoms. The van der Waals surface area contributed by atoms with Crippen molar-refractivity contribution in [1.29, 1.82) is 0 Å². The lowest BCUT2D eigenvalue weighted by Crippen LogP contribution is -2.41. The number of benzene rings is 2. The van der Waals surface area contributed by atoms with Gasteiger partial charge in [0.05, 0.1) is 10.6 Å². The molecule has 7 heteroatoms. The Kier molecular flexibility index (Phi) is 4.72. The van der Waals surface area contributed by atoms with Crippen molar-refractivity contribution in [2.45, 2.75) is 0 Å². The Morgan fingerprint density at radius 2 is 1.56 bits per heavy atom. The molecular weight excluding hydrogens is 344 g/mol. The van der Waals surface area contributed by atoms with E-state index in [2.05, 4.69) is 10.9 Å². The van der Waals surface area contributed by atoms with Crippen molar-refractivity contribution in [1.82, 2.24) is 10.9 Å². The van der Waals surface area contributed by atoms with Crippen LogP contribution in [0.5, 0.6) is 5.75 Å². The van der Waals surface area contributed by atoms with Crippen LogP contribution in [0.15, 0.2) is 65.1 Å². The van der Waals surface area contributed by atoms with Crippen LogP contribution in [-0.4, -0.2) is 16.9 Å². The summed E-state index contributed by atoms with van der Waals surface area (Å²) < 4.78 is 5.48. The van der Waals surface area contributed by atoms with Crippen LogP contribution in [0.4, 0.5) is 0 Å². The van der Waals surface area contributed by atoms with E-state index in [1.807, 2.05) is 0 Å².